The SMILES string of the molecule is Cc1ccc(-c2c[n+]3ccccc3n2Cc2ccccc2)cc1. The summed E-state index contributed by atoms with van der Waals surface area (Å²) in [7, 11) is 0. The van der Waals surface area contributed by atoms with Crippen LogP contribution in [-0.4, -0.2) is 4.57 Å². The summed E-state index contributed by atoms with van der Waals surface area (Å²) in [6.45, 7) is 2.99. The van der Waals surface area contributed by atoms with Crippen molar-refractivity contribution in [3.8, 4) is 11.3 Å². The first kappa shape index (κ1) is 13.8. The van der Waals surface area contributed by atoms with Gasteiger partial charge in [-0.05, 0) is 18.6 Å². The molecule has 0 aliphatic carbocycles. The van der Waals surface area contributed by atoms with Crippen LogP contribution in [0.5, 0.6) is 0 Å². The van der Waals surface area contributed by atoms with Crippen LogP contribution in [0.1, 0.15) is 11.1 Å². The molecule has 0 spiro atoms. The molecule has 2 aromatic carbocycles. The molecule has 4 aromatic rings. The standard InChI is InChI=1S/C21H19N2/c1-17-10-12-19(13-11-17)20-16-22-14-6-5-9-21(22)23(20)15-18-7-3-2-4-8-18/h2-14,16H,15H2,1H3/q+1. The molecule has 4 rings (SSSR count). The molecular weight excluding hydrogens is 280 g/mol. The van der Waals surface area contributed by atoms with Crippen LogP contribution >= 0.6 is 0 Å². The molecule has 2 heteroatoms. The second kappa shape index (κ2) is 5.73. The van der Waals surface area contributed by atoms with Gasteiger partial charge >= 0.3 is 0 Å². The monoisotopic (exact) mass is 299 g/mol. The average Bonchev–Trinajstić information content (AvgIpc) is 2.95. The van der Waals surface area contributed by atoms with Crippen molar-refractivity contribution < 1.29 is 4.40 Å². The Balaban J connectivity index is 1.89. The molecule has 0 amide bonds. The second-order valence-corrected chi connectivity index (χ2v) is 5.92. The lowest BCUT2D eigenvalue weighted by Crippen LogP contribution is -2.18. The number of rotatable bonds is 3. The first-order valence-corrected chi connectivity index (χ1v) is 7.92. The highest BCUT2D eigenvalue weighted by Crippen LogP contribution is 2.22. The summed E-state index contributed by atoms with van der Waals surface area (Å²) in [5, 5.41) is 0. The molecule has 112 valence electrons. The molecule has 2 heterocycles. The molecule has 0 saturated heterocycles. The Morgan fingerprint density at radius 3 is 2.35 bits per heavy atom. The zero-order valence-corrected chi connectivity index (χ0v) is 13.2. The van der Waals surface area contributed by atoms with E-state index in [0.29, 0.717) is 0 Å². The van der Waals surface area contributed by atoms with E-state index in [4.69, 9.17) is 0 Å². The molecule has 0 aliphatic heterocycles. The molecule has 0 saturated carbocycles. The van der Waals surface area contributed by atoms with Crippen molar-refractivity contribution >= 4 is 5.65 Å². The predicted molar refractivity (Wildman–Crippen MR) is 93.3 cm³/mol. The Morgan fingerprint density at radius 1 is 0.826 bits per heavy atom. The van der Waals surface area contributed by atoms with E-state index < -0.39 is 0 Å². The van der Waals surface area contributed by atoms with E-state index in [-0.39, 0.29) is 0 Å². The lowest BCUT2D eigenvalue weighted by molar-refractivity contribution is -0.510. The fourth-order valence-electron chi connectivity index (χ4n) is 3.00. The summed E-state index contributed by atoms with van der Waals surface area (Å²) in [5.41, 5.74) is 6.28. The molecule has 0 unspecified atom stereocenters. The second-order valence-electron chi connectivity index (χ2n) is 5.92. The number of hydrogen-bond acceptors (Lipinski definition) is 0. The number of hydrogen-bond donors (Lipinski definition) is 0. The summed E-state index contributed by atoms with van der Waals surface area (Å²) in [5.74, 6) is 0. The molecule has 0 aliphatic rings. The maximum atomic E-state index is 2.38. The number of aryl methyl sites for hydroxylation is 1. The van der Waals surface area contributed by atoms with E-state index in [1.807, 2.05) is 0 Å². The highest BCUT2D eigenvalue weighted by Gasteiger charge is 2.18. The van der Waals surface area contributed by atoms with Crippen molar-refractivity contribution in [2.24, 2.45) is 0 Å². The third-order valence-corrected chi connectivity index (χ3v) is 4.23. The van der Waals surface area contributed by atoms with Crippen molar-refractivity contribution in [3.05, 3.63) is 96.3 Å². The highest BCUT2D eigenvalue weighted by atomic mass is 15.1. The topological polar surface area (TPSA) is 9.03 Å². The number of imidazole rings is 1. The summed E-state index contributed by atoms with van der Waals surface area (Å²) >= 11 is 0. The Labute approximate surface area is 136 Å². The van der Waals surface area contributed by atoms with Gasteiger partial charge in [0.15, 0.2) is 5.69 Å². The highest BCUT2D eigenvalue weighted by molar-refractivity contribution is 5.62. The quantitative estimate of drug-likeness (QED) is 0.500. The van der Waals surface area contributed by atoms with E-state index in [2.05, 4.69) is 101 Å². The zero-order chi connectivity index (χ0) is 15.6. The fourth-order valence-corrected chi connectivity index (χ4v) is 3.00. The van der Waals surface area contributed by atoms with Gasteiger partial charge in [0, 0.05) is 11.6 Å². The molecule has 0 radical (unpaired) electrons. The fraction of sp³-hybridized carbons (Fsp3) is 0.0952. The van der Waals surface area contributed by atoms with E-state index in [0.717, 1.165) is 6.54 Å². The lowest BCUT2D eigenvalue weighted by Gasteiger charge is -2.04. The summed E-state index contributed by atoms with van der Waals surface area (Å²) in [6.07, 6.45) is 4.32. The Bertz CT molecular complexity index is 935. The third kappa shape index (κ3) is 2.64. The summed E-state index contributed by atoms with van der Waals surface area (Å²) in [6, 6.07) is 25.7. The molecule has 0 atom stereocenters. The van der Waals surface area contributed by atoms with Crippen LogP contribution < -0.4 is 4.40 Å². The average molecular weight is 299 g/mol. The number of fused-ring (bicyclic) bond motifs is 1. The molecule has 0 bridgehead atoms. The van der Waals surface area contributed by atoms with Crippen LogP contribution in [0, 0.1) is 6.92 Å². The molecule has 2 nitrogen and oxygen atoms in total. The maximum Gasteiger partial charge on any atom is 0.286 e. The van der Waals surface area contributed by atoms with Crippen LogP contribution in [0.15, 0.2) is 85.2 Å². The van der Waals surface area contributed by atoms with Crippen LogP contribution in [0.25, 0.3) is 16.9 Å². The largest absolute Gasteiger partial charge is 0.286 e. The van der Waals surface area contributed by atoms with Crippen LogP contribution in [0.4, 0.5) is 0 Å². The van der Waals surface area contributed by atoms with Crippen molar-refractivity contribution in [1.82, 2.24) is 4.57 Å². The summed E-state index contributed by atoms with van der Waals surface area (Å²) < 4.78 is 4.57. The summed E-state index contributed by atoms with van der Waals surface area (Å²) in [4.78, 5) is 0. The van der Waals surface area contributed by atoms with E-state index in [1.165, 1.54) is 28.0 Å². The van der Waals surface area contributed by atoms with Gasteiger partial charge < -0.3 is 0 Å². The number of nitrogens with zero attached hydrogens (tertiary/aromatic N) is 2. The first-order chi connectivity index (χ1) is 11.3. The van der Waals surface area contributed by atoms with Gasteiger partial charge in [0.25, 0.3) is 5.65 Å². The Hall–Kier alpha value is -2.87. The van der Waals surface area contributed by atoms with Gasteiger partial charge in [-0.1, -0.05) is 66.2 Å². The first-order valence-electron chi connectivity index (χ1n) is 7.92. The molecule has 23 heavy (non-hydrogen) atoms. The van der Waals surface area contributed by atoms with Gasteiger partial charge in [-0.25, -0.2) is 8.97 Å². The molecule has 0 fully saturated rings. The Morgan fingerprint density at radius 2 is 1.57 bits per heavy atom. The van der Waals surface area contributed by atoms with E-state index in [9.17, 15) is 0 Å². The van der Waals surface area contributed by atoms with Gasteiger partial charge in [-0.15, -0.1) is 0 Å². The molecule has 2 aromatic heterocycles. The van der Waals surface area contributed by atoms with E-state index >= 15 is 0 Å². The van der Waals surface area contributed by atoms with Crippen molar-refractivity contribution in [2.45, 2.75) is 13.5 Å². The van der Waals surface area contributed by atoms with Crippen molar-refractivity contribution in [1.29, 1.82) is 0 Å². The van der Waals surface area contributed by atoms with Gasteiger partial charge in [0.1, 0.15) is 12.7 Å². The third-order valence-electron chi connectivity index (χ3n) is 4.23. The van der Waals surface area contributed by atoms with Crippen LogP contribution in [0.2, 0.25) is 0 Å². The zero-order valence-electron chi connectivity index (χ0n) is 13.2. The predicted octanol–water partition coefficient (Wildman–Crippen LogP) is 4.25. The number of pyridine rings is 1. The van der Waals surface area contributed by atoms with Crippen LogP contribution in [-0.2, 0) is 6.54 Å². The minimum Gasteiger partial charge on any atom is -0.219 e. The minimum atomic E-state index is 0.866. The van der Waals surface area contributed by atoms with Gasteiger partial charge in [-0.3, -0.25) is 0 Å². The van der Waals surface area contributed by atoms with Gasteiger partial charge in [-0.2, -0.15) is 0 Å². The van der Waals surface area contributed by atoms with Gasteiger partial charge in [0.05, 0.1) is 6.20 Å². The van der Waals surface area contributed by atoms with Crippen molar-refractivity contribution in [2.75, 3.05) is 0 Å². The minimum absolute atomic E-state index is 0.866. The van der Waals surface area contributed by atoms with Crippen LogP contribution in [0.3, 0.4) is 0 Å². The molecule has 0 N–H and O–H groups in total. The maximum absolute atomic E-state index is 2.38. The van der Waals surface area contributed by atoms with Gasteiger partial charge in [0.2, 0.25) is 0 Å². The molecular formula is C21H19N2+. The Kier molecular flexibility index (Phi) is 3.43. The smallest absolute Gasteiger partial charge is 0.219 e. The van der Waals surface area contributed by atoms with Crippen molar-refractivity contribution in [3.63, 3.8) is 0 Å². The van der Waals surface area contributed by atoms with E-state index in [1.54, 1.807) is 0 Å². The lowest BCUT2D eigenvalue weighted by atomic mass is 10.1. The normalized spacial score (nSPS) is 11.0. The number of aromatic nitrogens is 2. The number of benzene rings is 2.